The van der Waals surface area contributed by atoms with E-state index in [4.69, 9.17) is 5.73 Å². The third-order valence-electron chi connectivity index (χ3n) is 2.07. The Labute approximate surface area is 116 Å². The highest BCUT2D eigenvalue weighted by Crippen LogP contribution is 2.17. The van der Waals surface area contributed by atoms with Crippen LogP contribution >= 0.6 is 22.7 Å². The fraction of sp³-hybridized carbons (Fsp3) is 0.200. The van der Waals surface area contributed by atoms with Crippen LogP contribution in [0.25, 0.3) is 0 Å². The average molecular weight is 297 g/mol. The number of nitrogens with one attached hydrogen (secondary N) is 2. The van der Waals surface area contributed by atoms with Crippen LogP contribution in [0, 0.1) is 0 Å². The van der Waals surface area contributed by atoms with Gasteiger partial charge in [0.1, 0.15) is 4.88 Å². The third kappa shape index (κ3) is 3.73. The van der Waals surface area contributed by atoms with Crippen LogP contribution in [0.3, 0.4) is 0 Å². The van der Waals surface area contributed by atoms with Gasteiger partial charge in [0.2, 0.25) is 0 Å². The lowest BCUT2D eigenvalue weighted by Gasteiger charge is -2.03. The van der Waals surface area contributed by atoms with Crippen LogP contribution in [0.4, 0.5) is 10.3 Å². The molecule has 0 fully saturated rings. The van der Waals surface area contributed by atoms with E-state index in [9.17, 15) is 9.59 Å². The lowest BCUT2D eigenvalue weighted by molar-refractivity contribution is 0.100. The molecular weight excluding hydrogens is 286 g/mol. The van der Waals surface area contributed by atoms with Gasteiger partial charge < -0.3 is 16.4 Å². The zero-order chi connectivity index (χ0) is 13.7. The zero-order valence-electron chi connectivity index (χ0n) is 9.75. The van der Waals surface area contributed by atoms with Crippen molar-refractivity contribution in [3.05, 3.63) is 22.1 Å². The van der Waals surface area contributed by atoms with E-state index in [1.807, 2.05) is 0 Å². The van der Waals surface area contributed by atoms with Crippen molar-refractivity contribution >= 4 is 45.1 Å². The molecule has 0 bridgehead atoms. The minimum Gasteiger partial charge on any atom is -0.365 e. The Morgan fingerprint density at radius 2 is 1.84 bits per heavy atom. The summed E-state index contributed by atoms with van der Waals surface area (Å²) in [5, 5.41) is 7.46. The van der Waals surface area contributed by atoms with Gasteiger partial charge in [-0.2, -0.15) is 0 Å². The first kappa shape index (κ1) is 13.4. The molecule has 0 saturated carbocycles. The van der Waals surface area contributed by atoms with Crippen LogP contribution in [0.5, 0.6) is 0 Å². The molecule has 4 N–H and O–H groups in total. The topological polar surface area (TPSA) is 110 Å². The summed E-state index contributed by atoms with van der Waals surface area (Å²) in [5.74, 6) is -0.479. The molecule has 0 aliphatic heterocycles. The first-order chi connectivity index (χ1) is 9.19. The Bertz CT molecular complexity index is 580. The van der Waals surface area contributed by atoms with Gasteiger partial charge in [-0.25, -0.2) is 9.97 Å². The van der Waals surface area contributed by atoms with E-state index >= 15 is 0 Å². The summed E-state index contributed by atoms with van der Waals surface area (Å²) in [5.41, 5.74) is 5.13. The number of aldehydes is 1. The number of amides is 1. The normalized spacial score (nSPS) is 10.1. The number of hydrogen-bond donors (Lipinski definition) is 3. The predicted molar refractivity (Wildman–Crippen MR) is 75.1 cm³/mol. The van der Waals surface area contributed by atoms with Gasteiger partial charge in [-0.1, -0.05) is 22.7 Å². The second kappa shape index (κ2) is 6.25. The molecule has 0 spiro atoms. The zero-order valence-corrected chi connectivity index (χ0v) is 11.4. The van der Waals surface area contributed by atoms with E-state index in [0.29, 0.717) is 33.1 Å². The largest absolute Gasteiger partial charge is 0.365 e. The lowest BCUT2D eigenvalue weighted by atomic mass is 10.5. The molecule has 0 atom stereocenters. The van der Waals surface area contributed by atoms with E-state index in [1.54, 1.807) is 0 Å². The van der Waals surface area contributed by atoms with Crippen molar-refractivity contribution in [3.63, 3.8) is 0 Å². The molecule has 19 heavy (non-hydrogen) atoms. The van der Waals surface area contributed by atoms with Gasteiger partial charge >= 0.3 is 0 Å². The number of nitrogens with two attached hydrogens (primary N) is 1. The van der Waals surface area contributed by atoms with E-state index in [1.165, 1.54) is 35.1 Å². The number of primary amides is 1. The van der Waals surface area contributed by atoms with E-state index in [0.717, 1.165) is 6.29 Å². The van der Waals surface area contributed by atoms with Crippen molar-refractivity contribution in [1.82, 2.24) is 9.97 Å². The number of anilines is 2. The van der Waals surface area contributed by atoms with E-state index < -0.39 is 5.91 Å². The SMILES string of the molecule is NC(=O)c1cnc(NCCNc2ncc(C=O)s2)s1. The standard InChI is InChI=1S/C10H11N5O2S2/c11-8(17)7-4-15-10(19-7)13-2-1-12-9-14-3-6(5-16)18-9/h3-5H,1-2H2,(H2,11,17)(H,12,14)(H,13,15). The Morgan fingerprint density at radius 3 is 2.37 bits per heavy atom. The maximum Gasteiger partial charge on any atom is 0.260 e. The summed E-state index contributed by atoms with van der Waals surface area (Å²) in [4.78, 5) is 30.4. The minimum atomic E-state index is -0.479. The summed E-state index contributed by atoms with van der Waals surface area (Å²) >= 11 is 2.51. The molecule has 1 amide bonds. The van der Waals surface area contributed by atoms with Crippen LogP contribution in [0.1, 0.15) is 19.3 Å². The molecule has 100 valence electrons. The minimum absolute atomic E-state index is 0.422. The molecule has 0 aromatic carbocycles. The Kier molecular flexibility index (Phi) is 4.42. The Hall–Kier alpha value is -2.00. The number of hydrogen-bond acceptors (Lipinski definition) is 8. The first-order valence-corrected chi connectivity index (χ1v) is 6.96. The van der Waals surface area contributed by atoms with Gasteiger partial charge in [0.15, 0.2) is 16.5 Å². The molecule has 2 heterocycles. The maximum absolute atomic E-state index is 10.9. The fourth-order valence-electron chi connectivity index (χ4n) is 1.23. The van der Waals surface area contributed by atoms with Crippen molar-refractivity contribution in [2.45, 2.75) is 0 Å². The molecule has 9 heteroatoms. The molecule has 2 rings (SSSR count). The predicted octanol–water partition coefficient (Wildman–Crippen LogP) is 1.03. The first-order valence-electron chi connectivity index (χ1n) is 5.33. The Balaban J connectivity index is 1.74. The summed E-state index contributed by atoms with van der Waals surface area (Å²) in [6.07, 6.45) is 3.73. The Morgan fingerprint density at radius 1 is 1.21 bits per heavy atom. The average Bonchev–Trinajstić information content (AvgIpc) is 3.03. The number of thiazole rings is 2. The molecular formula is C10H11N5O2S2. The van der Waals surface area contributed by atoms with Crippen molar-refractivity contribution in [2.24, 2.45) is 5.73 Å². The van der Waals surface area contributed by atoms with Crippen molar-refractivity contribution < 1.29 is 9.59 Å². The molecule has 0 saturated heterocycles. The summed E-state index contributed by atoms with van der Waals surface area (Å²) in [6.45, 7) is 1.24. The third-order valence-corrected chi connectivity index (χ3v) is 3.92. The number of carbonyl (C=O) groups excluding carboxylic acids is 2. The van der Waals surface area contributed by atoms with Crippen LogP contribution < -0.4 is 16.4 Å². The summed E-state index contributed by atoms with van der Waals surface area (Å²) < 4.78 is 0. The molecule has 0 aliphatic rings. The molecule has 2 aromatic heterocycles. The van der Waals surface area contributed by atoms with Gasteiger partial charge in [0.05, 0.1) is 17.3 Å². The van der Waals surface area contributed by atoms with Gasteiger partial charge in [-0.3, -0.25) is 9.59 Å². The van der Waals surface area contributed by atoms with Crippen molar-refractivity contribution in [2.75, 3.05) is 23.7 Å². The van der Waals surface area contributed by atoms with E-state index in [-0.39, 0.29) is 0 Å². The molecule has 0 radical (unpaired) electrons. The second-order valence-electron chi connectivity index (χ2n) is 3.43. The quantitative estimate of drug-likeness (QED) is 0.520. The number of aromatic nitrogens is 2. The van der Waals surface area contributed by atoms with Gasteiger partial charge in [0, 0.05) is 13.1 Å². The van der Waals surface area contributed by atoms with Crippen molar-refractivity contribution in [1.29, 1.82) is 0 Å². The van der Waals surface area contributed by atoms with Gasteiger partial charge in [-0.05, 0) is 0 Å². The molecule has 7 nitrogen and oxygen atoms in total. The monoisotopic (exact) mass is 297 g/mol. The smallest absolute Gasteiger partial charge is 0.260 e. The lowest BCUT2D eigenvalue weighted by Crippen LogP contribution is -2.13. The highest BCUT2D eigenvalue weighted by Gasteiger charge is 2.06. The highest BCUT2D eigenvalue weighted by atomic mass is 32.1. The molecule has 0 unspecified atom stereocenters. The molecule has 2 aromatic rings. The van der Waals surface area contributed by atoms with Crippen molar-refractivity contribution in [3.8, 4) is 0 Å². The van der Waals surface area contributed by atoms with Crippen LogP contribution in [-0.2, 0) is 0 Å². The molecule has 0 aliphatic carbocycles. The summed E-state index contributed by atoms with van der Waals surface area (Å²) in [6, 6.07) is 0. The fourth-order valence-corrected chi connectivity index (χ4v) is 2.58. The number of nitrogens with zero attached hydrogens (tertiary/aromatic N) is 2. The van der Waals surface area contributed by atoms with Gasteiger partial charge in [0.25, 0.3) is 5.91 Å². The maximum atomic E-state index is 10.9. The number of carbonyl (C=O) groups is 2. The van der Waals surface area contributed by atoms with E-state index in [2.05, 4.69) is 20.6 Å². The summed E-state index contributed by atoms with van der Waals surface area (Å²) in [7, 11) is 0. The second-order valence-corrected chi connectivity index (χ2v) is 5.53. The van der Waals surface area contributed by atoms with Gasteiger partial charge in [-0.15, -0.1) is 0 Å². The van der Waals surface area contributed by atoms with Crippen LogP contribution in [0.2, 0.25) is 0 Å². The van der Waals surface area contributed by atoms with Crippen LogP contribution in [0.15, 0.2) is 12.4 Å². The number of rotatable bonds is 7. The highest BCUT2D eigenvalue weighted by molar-refractivity contribution is 7.17. The van der Waals surface area contributed by atoms with Crippen LogP contribution in [-0.4, -0.2) is 35.3 Å².